The molecular weight excluding hydrogens is 554 g/mol. The van der Waals surface area contributed by atoms with Gasteiger partial charge < -0.3 is 19.7 Å². The highest BCUT2D eigenvalue weighted by Gasteiger charge is 2.34. The van der Waals surface area contributed by atoms with Crippen molar-refractivity contribution in [1.29, 1.82) is 0 Å². The number of hydrogen-bond donors (Lipinski definition) is 1. The molecule has 0 heterocycles. The summed E-state index contributed by atoms with van der Waals surface area (Å²) in [7, 11) is -1.39. The number of nitrogens with zero attached hydrogens (tertiary/aromatic N) is 2. The molecule has 40 heavy (non-hydrogen) atoms. The highest BCUT2D eigenvalue weighted by Crippen LogP contribution is 2.36. The van der Waals surface area contributed by atoms with Gasteiger partial charge in [0.05, 0.1) is 24.8 Å². The third kappa shape index (κ3) is 7.25. The van der Waals surface area contributed by atoms with Gasteiger partial charge in [0.2, 0.25) is 11.8 Å². The van der Waals surface area contributed by atoms with E-state index in [0.29, 0.717) is 17.3 Å². The number of halogens is 1. The van der Waals surface area contributed by atoms with Crippen LogP contribution in [0.3, 0.4) is 0 Å². The molecule has 214 valence electrons. The zero-order chi connectivity index (χ0) is 29.4. The van der Waals surface area contributed by atoms with Crippen LogP contribution in [0.15, 0.2) is 71.6 Å². The predicted molar refractivity (Wildman–Crippen MR) is 155 cm³/mol. The monoisotopic (exact) mass is 587 g/mol. The number of likely N-dealkylation sites (N-methyl/N-ethyl adjacent to an activating group) is 1. The maximum absolute atomic E-state index is 14.0. The second-order valence-electron chi connectivity index (χ2n) is 9.08. The number of anilines is 1. The Bertz CT molecular complexity index is 1430. The lowest BCUT2D eigenvalue weighted by Gasteiger charge is -2.32. The number of sulfonamides is 1. The van der Waals surface area contributed by atoms with E-state index in [-0.39, 0.29) is 28.8 Å². The topological polar surface area (TPSA) is 105 Å². The van der Waals surface area contributed by atoms with Crippen molar-refractivity contribution in [3.05, 3.63) is 82.9 Å². The number of hydrogen-bond acceptors (Lipinski definition) is 6. The van der Waals surface area contributed by atoms with Crippen LogP contribution < -0.4 is 19.1 Å². The first-order valence-corrected chi connectivity index (χ1v) is 14.5. The van der Waals surface area contributed by atoms with Crippen molar-refractivity contribution < 1.29 is 27.5 Å². The van der Waals surface area contributed by atoms with Crippen LogP contribution in [0, 0.1) is 6.92 Å². The van der Waals surface area contributed by atoms with E-state index in [0.717, 1.165) is 15.4 Å². The van der Waals surface area contributed by atoms with E-state index in [1.165, 1.54) is 37.3 Å². The summed E-state index contributed by atoms with van der Waals surface area (Å²) in [5, 5.41) is 3.26. The number of benzene rings is 3. The van der Waals surface area contributed by atoms with E-state index in [1.54, 1.807) is 62.4 Å². The molecule has 9 nitrogen and oxygen atoms in total. The van der Waals surface area contributed by atoms with Gasteiger partial charge in [-0.15, -0.1) is 0 Å². The summed E-state index contributed by atoms with van der Waals surface area (Å²) in [5.41, 5.74) is 1.72. The summed E-state index contributed by atoms with van der Waals surface area (Å²) in [6.45, 7) is 5.06. The van der Waals surface area contributed by atoms with Crippen LogP contribution in [0.5, 0.6) is 11.5 Å². The molecule has 0 aromatic heterocycles. The number of aryl methyl sites for hydroxylation is 1. The lowest BCUT2D eigenvalue weighted by atomic mass is 10.1. The molecule has 3 rings (SSSR count). The van der Waals surface area contributed by atoms with Crippen molar-refractivity contribution in [2.75, 3.05) is 31.6 Å². The molecule has 1 N–H and O–H groups in total. The molecule has 0 fully saturated rings. The SMILES string of the molecule is CCNC(=O)C(C)N(Cc1ccc(Cl)cc1)C(=O)CN(c1cc(OC)ccc1OC)S(=O)(=O)c1ccc(C)cc1. The minimum Gasteiger partial charge on any atom is -0.497 e. The van der Waals surface area contributed by atoms with Gasteiger partial charge >= 0.3 is 0 Å². The van der Waals surface area contributed by atoms with Gasteiger partial charge in [0.25, 0.3) is 10.0 Å². The van der Waals surface area contributed by atoms with Crippen LogP contribution in [-0.4, -0.2) is 58.5 Å². The third-order valence-corrected chi connectivity index (χ3v) is 8.35. The highest BCUT2D eigenvalue weighted by atomic mass is 35.5. The number of ether oxygens (including phenoxy) is 2. The smallest absolute Gasteiger partial charge is 0.264 e. The quantitative estimate of drug-likeness (QED) is 0.336. The average molecular weight is 588 g/mol. The molecule has 1 atom stereocenters. The first kappa shape index (κ1) is 30.8. The van der Waals surface area contributed by atoms with Crippen LogP contribution >= 0.6 is 11.6 Å². The van der Waals surface area contributed by atoms with Crippen molar-refractivity contribution in [3.63, 3.8) is 0 Å². The number of rotatable bonds is 12. The summed E-state index contributed by atoms with van der Waals surface area (Å²) in [6, 6.07) is 17.0. The van der Waals surface area contributed by atoms with E-state index < -0.39 is 28.5 Å². The summed E-state index contributed by atoms with van der Waals surface area (Å²) in [4.78, 5) is 28.1. The minimum absolute atomic E-state index is 0.00296. The van der Waals surface area contributed by atoms with E-state index in [4.69, 9.17) is 21.1 Å². The third-order valence-electron chi connectivity index (χ3n) is 6.33. The van der Waals surface area contributed by atoms with E-state index >= 15 is 0 Å². The van der Waals surface area contributed by atoms with Crippen LogP contribution in [0.1, 0.15) is 25.0 Å². The van der Waals surface area contributed by atoms with Gasteiger partial charge in [0, 0.05) is 24.2 Å². The molecule has 1 unspecified atom stereocenters. The lowest BCUT2D eigenvalue weighted by Crippen LogP contribution is -2.51. The Morgan fingerprint density at radius 2 is 1.62 bits per heavy atom. The summed E-state index contributed by atoms with van der Waals surface area (Å²) in [6.07, 6.45) is 0. The molecule has 0 bridgehead atoms. The Hall–Kier alpha value is -3.76. The van der Waals surface area contributed by atoms with Crippen LogP contribution in [-0.2, 0) is 26.2 Å². The molecule has 0 saturated carbocycles. The zero-order valence-electron chi connectivity index (χ0n) is 23.2. The predicted octanol–water partition coefficient (Wildman–Crippen LogP) is 4.41. The van der Waals surface area contributed by atoms with Crippen molar-refractivity contribution >= 4 is 39.1 Å². The summed E-state index contributed by atoms with van der Waals surface area (Å²) in [5.74, 6) is -0.350. The van der Waals surface area contributed by atoms with E-state index in [1.807, 2.05) is 6.92 Å². The molecule has 3 aromatic rings. The van der Waals surface area contributed by atoms with Gasteiger partial charge in [-0.05, 0) is 62.7 Å². The Balaban J connectivity index is 2.12. The maximum atomic E-state index is 14.0. The fraction of sp³-hybridized carbons (Fsp3) is 0.310. The molecule has 0 aliphatic rings. The molecule has 0 saturated heterocycles. The Morgan fingerprint density at radius 3 is 2.20 bits per heavy atom. The number of amides is 2. The van der Waals surface area contributed by atoms with Gasteiger partial charge in [-0.1, -0.05) is 41.4 Å². The summed E-state index contributed by atoms with van der Waals surface area (Å²) < 4.78 is 39.9. The van der Waals surface area contributed by atoms with E-state index in [9.17, 15) is 18.0 Å². The second kappa shape index (κ2) is 13.5. The van der Waals surface area contributed by atoms with E-state index in [2.05, 4.69) is 5.32 Å². The highest BCUT2D eigenvalue weighted by molar-refractivity contribution is 7.92. The molecular formula is C29H34ClN3O6S. The molecule has 0 aliphatic heterocycles. The second-order valence-corrected chi connectivity index (χ2v) is 11.4. The van der Waals surface area contributed by atoms with Crippen molar-refractivity contribution in [2.24, 2.45) is 0 Å². The standard InChI is InChI=1S/C29H34ClN3O6S/c1-6-31-29(35)21(3)32(18-22-9-11-23(30)12-10-22)28(34)19-33(26-17-24(38-4)13-16-27(26)39-5)40(36,37)25-14-7-20(2)8-15-25/h7-17,21H,6,18-19H2,1-5H3,(H,31,35). The number of carbonyl (C=O) groups is 2. The lowest BCUT2D eigenvalue weighted by molar-refractivity contribution is -0.139. The van der Waals surface area contributed by atoms with Gasteiger partial charge in [-0.25, -0.2) is 8.42 Å². The van der Waals surface area contributed by atoms with Crippen LogP contribution in [0.25, 0.3) is 0 Å². The first-order valence-electron chi connectivity index (χ1n) is 12.6. The number of nitrogens with one attached hydrogen (secondary N) is 1. The Kier molecular flexibility index (Phi) is 10.4. The van der Waals surface area contributed by atoms with Crippen molar-refractivity contribution in [2.45, 2.75) is 38.3 Å². The molecule has 0 spiro atoms. The molecule has 0 radical (unpaired) electrons. The summed E-state index contributed by atoms with van der Waals surface area (Å²) >= 11 is 6.03. The van der Waals surface area contributed by atoms with Gasteiger partial charge in [-0.3, -0.25) is 13.9 Å². The fourth-order valence-electron chi connectivity index (χ4n) is 4.03. The molecule has 3 aromatic carbocycles. The van der Waals surface area contributed by atoms with Crippen molar-refractivity contribution in [1.82, 2.24) is 10.2 Å². The largest absolute Gasteiger partial charge is 0.497 e. The average Bonchev–Trinajstić information content (AvgIpc) is 2.95. The van der Waals surface area contributed by atoms with Crippen LogP contribution in [0.4, 0.5) is 5.69 Å². The Labute approximate surface area is 240 Å². The molecule has 2 amide bonds. The zero-order valence-corrected chi connectivity index (χ0v) is 24.8. The first-order chi connectivity index (χ1) is 19.0. The molecule has 11 heteroatoms. The normalized spacial score (nSPS) is 11.8. The number of methoxy groups -OCH3 is 2. The Morgan fingerprint density at radius 1 is 0.975 bits per heavy atom. The number of carbonyl (C=O) groups excluding carboxylic acids is 2. The van der Waals surface area contributed by atoms with Crippen LogP contribution in [0.2, 0.25) is 5.02 Å². The van der Waals surface area contributed by atoms with Gasteiger partial charge in [0.15, 0.2) is 0 Å². The fourth-order valence-corrected chi connectivity index (χ4v) is 5.58. The minimum atomic E-state index is -4.26. The molecule has 0 aliphatic carbocycles. The van der Waals surface area contributed by atoms with Crippen molar-refractivity contribution in [3.8, 4) is 11.5 Å². The van der Waals surface area contributed by atoms with Gasteiger partial charge in [-0.2, -0.15) is 0 Å². The van der Waals surface area contributed by atoms with Gasteiger partial charge in [0.1, 0.15) is 24.1 Å². The maximum Gasteiger partial charge on any atom is 0.264 e.